The van der Waals surface area contributed by atoms with Crippen molar-refractivity contribution in [3.63, 3.8) is 0 Å². The molecule has 1 unspecified atom stereocenters. The SMILES string of the molecule is CC(CCNC(=O)CSCc1ccc(F)cc1)C(=O)O. The molecule has 1 atom stereocenters. The van der Waals surface area contributed by atoms with Crippen LogP contribution in [0.15, 0.2) is 24.3 Å². The van der Waals surface area contributed by atoms with Crippen molar-refractivity contribution in [1.29, 1.82) is 0 Å². The standard InChI is InChI=1S/C14H18FNO3S/c1-10(14(18)19)6-7-16-13(17)9-20-8-11-2-4-12(15)5-3-11/h2-5,10H,6-9H2,1H3,(H,16,17)(H,18,19). The largest absolute Gasteiger partial charge is 0.481 e. The Kier molecular flexibility index (Phi) is 7.08. The van der Waals surface area contributed by atoms with Gasteiger partial charge in [-0.25, -0.2) is 4.39 Å². The quantitative estimate of drug-likeness (QED) is 0.773. The molecule has 110 valence electrons. The summed E-state index contributed by atoms with van der Waals surface area (Å²) in [5.41, 5.74) is 0.962. The van der Waals surface area contributed by atoms with E-state index in [-0.39, 0.29) is 11.7 Å². The van der Waals surface area contributed by atoms with Crippen molar-refractivity contribution >= 4 is 23.6 Å². The van der Waals surface area contributed by atoms with E-state index in [1.807, 2.05) is 0 Å². The van der Waals surface area contributed by atoms with Gasteiger partial charge in [0.2, 0.25) is 5.91 Å². The van der Waals surface area contributed by atoms with E-state index in [9.17, 15) is 14.0 Å². The normalized spacial score (nSPS) is 11.9. The minimum atomic E-state index is -0.857. The smallest absolute Gasteiger partial charge is 0.306 e. The Balaban J connectivity index is 2.14. The molecule has 1 amide bonds. The molecule has 0 fully saturated rings. The summed E-state index contributed by atoms with van der Waals surface area (Å²) in [6, 6.07) is 6.16. The number of carboxylic acid groups (broad SMARTS) is 1. The number of hydrogen-bond donors (Lipinski definition) is 2. The highest BCUT2D eigenvalue weighted by molar-refractivity contribution is 7.99. The fourth-order valence-electron chi connectivity index (χ4n) is 1.44. The Labute approximate surface area is 121 Å². The summed E-state index contributed by atoms with van der Waals surface area (Å²) in [6.07, 6.45) is 0.420. The van der Waals surface area contributed by atoms with Crippen molar-refractivity contribution in [1.82, 2.24) is 5.32 Å². The predicted octanol–water partition coefficient (Wildman–Crippen LogP) is 2.29. The molecule has 0 aliphatic carbocycles. The van der Waals surface area contributed by atoms with E-state index >= 15 is 0 Å². The van der Waals surface area contributed by atoms with Gasteiger partial charge in [0.15, 0.2) is 0 Å². The molecule has 1 rings (SSSR count). The number of carboxylic acids is 1. The van der Waals surface area contributed by atoms with Crippen LogP contribution < -0.4 is 5.32 Å². The number of halogens is 1. The van der Waals surface area contributed by atoms with Crippen molar-refractivity contribution < 1.29 is 19.1 Å². The van der Waals surface area contributed by atoms with Crippen molar-refractivity contribution in [2.75, 3.05) is 12.3 Å². The maximum Gasteiger partial charge on any atom is 0.306 e. The lowest BCUT2D eigenvalue weighted by molar-refractivity contribution is -0.141. The first-order valence-electron chi connectivity index (χ1n) is 6.30. The molecular weight excluding hydrogens is 281 g/mol. The van der Waals surface area contributed by atoms with Gasteiger partial charge in [0.1, 0.15) is 5.82 Å². The van der Waals surface area contributed by atoms with Crippen LogP contribution in [-0.4, -0.2) is 29.3 Å². The van der Waals surface area contributed by atoms with Gasteiger partial charge in [0.05, 0.1) is 11.7 Å². The van der Waals surface area contributed by atoms with Gasteiger partial charge in [-0.05, 0) is 24.1 Å². The van der Waals surface area contributed by atoms with Crippen LogP contribution in [0.25, 0.3) is 0 Å². The molecule has 2 N–H and O–H groups in total. The Morgan fingerprint density at radius 3 is 2.60 bits per heavy atom. The van der Waals surface area contributed by atoms with Gasteiger partial charge < -0.3 is 10.4 Å². The van der Waals surface area contributed by atoms with Crippen LogP contribution in [0.5, 0.6) is 0 Å². The number of carbonyl (C=O) groups is 2. The van der Waals surface area contributed by atoms with Crippen LogP contribution >= 0.6 is 11.8 Å². The summed E-state index contributed by atoms with van der Waals surface area (Å²) >= 11 is 1.43. The van der Waals surface area contributed by atoms with Crippen LogP contribution in [0, 0.1) is 11.7 Å². The van der Waals surface area contributed by atoms with Gasteiger partial charge >= 0.3 is 5.97 Å². The summed E-state index contributed by atoms with van der Waals surface area (Å²) < 4.78 is 12.7. The minimum Gasteiger partial charge on any atom is -0.481 e. The second kappa shape index (κ2) is 8.58. The maximum atomic E-state index is 12.7. The van der Waals surface area contributed by atoms with Gasteiger partial charge in [-0.1, -0.05) is 19.1 Å². The van der Waals surface area contributed by atoms with Crippen molar-refractivity contribution in [2.45, 2.75) is 19.1 Å². The van der Waals surface area contributed by atoms with E-state index in [4.69, 9.17) is 5.11 Å². The molecule has 1 aromatic carbocycles. The molecule has 1 aromatic rings. The Morgan fingerprint density at radius 2 is 2.00 bits per heavy atom. The molecule has 0 heterocycles. The average Bonchev–Trinajstić information content (AvgIpc) is 2.40. The molecule has 6 heteroatoms. The van der Waals surface area contributed by atoms with Crippen LogP contribution in [0.2, 0.25) is 0 Å². The second-order valence-electron chi connectivity index (χ2n) is 4.50. The van der Waals surface area contributed by atoms with Crippen LogP contribution in [0.4, 0.5) is 4.39 Å². The van der Waals surface area contributed by atoms with Crippen LogP contribution in [0.1, 0.15) is 18.9 Å². The van der Waals surface area contributed by atoms with Crippen molar-refractivity contribution in [3.05, 3.63) is 35.6 Å². The molecule has 0 saturated carbocycles. The highest BCUT2D eigenvalue weighted by Gasteiger charge is 2.10. The number of nitrogens with one attached hydrogen (secondary N) is 1. The van der Waals surface area contributed by atoms with Crippen LogP contribution in [-0.2, 0) is 15.3 Å². The monoisotopic (exact) mass is 299 g/mol. The van der Waals surface area contributed by atoms with Gasteiger partial charge in [0, 0.05) is 12.3 Å². The number of amides is 1. The first-order chi connectivity index (χ1) is 9.49. The molecule has 0 saturated heterocycles. The van der Waals surface area contributed by atoms with Gasteiger partial charge in [-0.2, -0.15) is 0 Å². The first kappa shape index (κ1) is 16.5. The van der Waals surface area contributed by atoms with E-state index in [2.05, 4.69) is 5.32 Å². The lowest BCUT2D eigenvalue weighted by Crippen LogP contribution is -2.28. The Hall–Kier alpha value is -1.56. The number of rotatable bonds is 8. The van der Waals surface area contributed by atoms with E-state index in [0.29, 0.717) is 24.5 Å². The van der Waals surface area contributed by atoms with Crippen LogP contribution in [0.3, 0.4) is 0 Å². The minimum absolute atomic E-state index is 0.116. The molecular formula is C14H18FNO3S. The predicted molar refractivity (Wildman–Crippen MR) is 77.0 cm³/mol. The van der Waals surface area contributed by atoms with E-state index in [1.54, 1.807) is 19.1 Å². The summed E-state index contributed by atoms with van der Waals surface area (Å²) in [7, 11) is 0. The zero-order chi connectivity index (χ0) is 15.0. The summed E-state index contributed by atoms with van der Waals surface area (Å²) in [5.74, 6) is -0.760. The molecule has 0 aliphatic rings. The summed E-state index contributed by atoms with van der Waals surface area (Å²) in [5, 5.41) is 11.4. The lowest BCUT2D eigenvalue weighted by Gasteiger charge is -2.07. The third-order valence-electron chi connectivity index (χ3n) is 2.74. The van der Waals surface area contributed by atoms with Crippen molar-refractivity contribution in [3.8, 4) is 0 Å². The molecule has 0 aromatic heterocycles. The second-order valence-corrected chi connectivity index (χ2v) is 5.48. The lowest BCUT2D eigenvalue weighted by atomic mass is 10.1. The van der Waals surface area contributed by atoms with Crippen molar-refractivity contribution in [2.24, 2.45) is 5.92 Å². The Bertz CT molecular complexity index is 450. The molecule has 0 bridgehead atoms. The maximum absolute atomic E-state index is 12.7. The topological polar surface area (TPSA) is 66.4 Å². The summed E-state index contributed by atoms with van der Waals surface area (Å²) in [6.45, 7) is 1.97. The molecule has 4 nitrogen and oxygen atoms in total. The fourth-order valence-corrected chi connectivity index (χ4v) is 2.26. The molecule has 0 spiro atoms. The van der Waals surface area contributed by atoms with Gasteiger partial charge in [0.25, 0.3) is 0 Å². The number of hydrogen-bond acceptors (Lipinski definition) is 3. The molecule has 0 radical (unpaired) electrons. The highest BCUT2D eigenvalue weighted by Crippen LogP contribution is 2.12. The molecule has 0 aliphatic heterocycles. The van der Waals surface area contributed by atoms with E-state index < -0.39 is 11.9 Å². The highest BCUT2D eigenvalue weighted by atomic mass is 32.2. The van der Waals surface area contributed by atoms with Gasteiger partial charge in [-0.3, -0.25) is 9.59 Å². The Morgan fingerprint density at radius 1 is 1.35 bits per heavy atom. The third-order valence-corrected chi connectivity index (χ3v) is 3.74. The summed E-state index contributed by atoms with van der Waals surface area (Å²) in [4.78, 5) is 22.1. The fraction of sp³-hybridized carbons (Fsp3) is 0.429. The number of benzene rings is 1. The first-order valence-corrected chi connectivity index (χ1v) is 7.46. The zero-order valence-electron chi connectivity index (χ0n) is 11.3. The van der Waals surface area contributed by atoms with E-state index in [0.717, 1.165) is 5.56 Å². The number of aliphatic carboxylic acids is 1. The number of carbonyl (C=O) groups excluding carboxylic acids is 1. The van der Waals surface area contributed by atoms with Gasteiger partial charge in [-0.15, -0.1) is 11.8 Å². The number of thioether (sulfide) groups is 1. The third kappa shape index (κ3) is 6.56. The average molecular weight is 299 g/mol. The molecule has 20 heavy (non-hydrogen) atoms. The van der Waals surface area contributed by atoms with E-state index in [1.165, 1.54) is 23.9 Å². The zero-order valence-corrected chi connectivity index (χ0v) is 12.1.